The summed E-state index contributed by atoms with van der Waals surface area (Å²) in [6.45, 7) is 13.8. The molecule has 0 aliphatic carbocycles. The minimum Gasteiger partial charge on any atom is -0.298 e. The molecule has 1 aliphatic rings. The van der Waals surface area contributed by atoms with Gasteiger partial charge in [-0.1, -0.05) is 6.08 Å². The third-order valence-electron chi connectivity index (χ3n) is 3.77. The molecule has 0 saturated carbocycles. The Morgan fingerprint density at radius 1 is 1.29 bits per heavy atom. The molecule has 1 saturated heterocycles. The maximum absolute atomic E-state index is 12.6. The summed E-state index contributed by atoms with van der Waals surface area (Å²) in [7, 11) is 0. The van der Waals surface area contributed by atoms with E-state index >= 15 is 0 Å². The van der Waals surface area contributed by atoms with E-state index in [4.69, 9.17) is 12.2 Å². The van der Waals surface area contributed by atoms with Crippen molar-refractivity contribution in [1.29, 1.82) is 0 Å². The highest BCUT2D eigenvalue weighted by Crippen LogP contribution is 2.24. The zero-order valence-corrected chi connectivity index (χ0v) is 15.5. The Labute approximate surface area is 147 Å². The maximum Gasteiger partial charge on any atom is 0.265 e. The number of thiocarbonyl (C=S) groups is 1. The van der Waals surface area contributed by atoms with Gasteiger partial charge in [0, 0.05) is 17.8 Å². The fourth-order valence-electron chi connectivity index (χ4n) is 2.65. The molecule has 0 spiro atoms. The summed E-state index contributed by atoms with van der Waals surface area (Å²) in [6.07, 6.45) is 3.16. The lowest BCUT2D eigenvalue weighted by molar-refractivity contribution is -0.128. The number of aryl methyl sites for hydroxylation is 1. The average molecular weight is 346 g/mol. The summed E-state index contributed by atoms with van der Waals surface area (Å²) in [5.41, 5.74) is 2.29. The summed E-state index contributed by atoms with van der Waals surface area (Å²) in [5.74, 6) is -0.918. The Balaban J connectivity index is 2.52. The molecule has 2 heterocycles. The van der Waals surface area contributed by atoms with Gasteiger partial charge in [0.25, 0.3) is 11.8 Å². The first-order chi connectivity index (χ1) is 11.1. The third kappa shape index (κ3) is 3.17. The molecule has 0 radical (unpaired) electrons. The molecular weight excluding hydrogens is 324 g/mol. The van der Waals surface area contributed by atoms with Gasteiger partial charge in [0.05, 0.1) is 11.2 Å². The fraction of sp³-hybridized carbons (Fsp3) is 0.412. The lowest BCUT2D eigenvalue weighted by Crippen LogP contribution is -2.53. The number of amides is 2. The fourth-order valence-corrected chi connectivity index (χ4v) is 2.90. The molecular formula is C17H22N4O2S. The molecule has 6 nitrogen and oxygen atoms in total. The topological polar surface area (TPSA) is 67.2 Å². The van der Waals surface area contributed by atoms with E-state index in [2.05, 4.69) is 17.0 Å². The van der Waals surface area contributed by atoms with Gasteiger partial charge in [0.15, 0.2) is 5.11 Å². The zero-order chi connectivity index (χ0) is 18.2. The second kappa shape index (κ2) is 6.32. The second-order valence-electron chi connectivity index (χ2n) is 6.69. The predicted octanol–water partition coefficient (Wildman–Crippen LogP) is 2.07. The molecule has 0 unspecified atom stereocenters. The number of rotatable bonds is 3. The van der Waals surface area contributed by atoms with Crippen LogP contribution in [0.1, 0.15) is 37.7 Å². The highest BCUT2D eigenvalue weighted by Gasteiger charge is 2.33. The van der Waals surface area contributed by atoms with Crippen LogP contribution in [0.4, 0.5) is 0 Å². The van der Waals surface area contributed by atoms with Crippen molar-refractivity contribution in [3.63, 3.8) is 0 Å². The monoisotopic (exact) mass is 346 g/mol. The van der Waals surface area contributed by atoms with Crippen LogP contribution < -0.4 is 5.32 Å². The Hall–Kier alpha value is -2.28. The van der Waals surface area contributed by atoms with Crippen LogP contribution in [-0.4, -0.2) is 38.2 Å². The maximum atomic E-state index is 12.6. The van der Waals surface area contributed by atoms with E-state index in [0.29, 0.717) is 0 Å². The molecule has 1 aliphatic heterocycles. The molecule has 24 heavy (non-hydrogen) atoms. The molecule has 1 N–H and O–H groups in total. The van der Waals surface area contributed by atoms with Gasteiger partial charge < -0.3 is 0 Å². The molecule has 1 aromatic rings. The molecule has 1 fully saturated rings. The van der Waals surface area contributed by atoms with Crippen LogP contribution in [-0.2, 0) is 15.1 Å². The van der Waals surface area contributed by atoms with E-state index in [1.54, 1.807) is 12.2 Å². The van der Waals surface area contributed by atoms with Crippen molar-refractivity contribution >= 4 is 35.2 Å². The van der Waals surface area contributed by atoms with Crippen LogP contribution in [0.25, 0.3) is 6.08 Å². The molecule has 0 aromatic carbocycles. The number of hydrogen-bond acceptors (Lipinski definition) is 4. The van der Waals surface area contributed by atoms with E-state index in [9.17, 15) is 9.59 Å². The van der Waals surface area contributed by atoms with Crippen LogP contribution in [0.15, 0.2) is 18.2 Å². The summed E-state index contributed by atoms with van der Waals surface area (Å²) >= 11 is 5.05. The minimum atomic E-state index is -0.493. The van der Waals surface area contributed by atoms with E-state index in [1.165, 1.54) is 4.90 Å². The zero-order valence-electron chi connectivity index (χ0n) is 14.6. The van der Waals surface area contributed by atoms with Crippen molar-refractivity contribution in [1.82, 2.24) is 20.0 Å². The molecule has 7 heteroatoms. The van der Waals surface area contributed by atoms with Gasteiger partial charge in [-0.05, 0) is 52.9 Å². The number of carbonyl (C=O) groups is 2. The average Bonchev–Trinajstić information content (AvgIpc) is 2.75. The smallest absolute Gasteiger partial charge is 0.265 e. The normalized spacial score (nSPS) is 17.5. The number of aromatic nitrogens is 2. The van der Waals surface area contributed by atoms with E-state index in [-0.39, 0.29) is 22.8 Å². The van der Waals surface area contributed by atoms with Gasteiger partial charge in [-0.25, -0.2) is 0 Å². The first kappa shape index (κ1) is 18.1. The van der Waals surface area contributed by atoms with Crippen molar-refractivity contribution in [2.75, 3.05) is 6.54 Å². The quantitative estimate of drug-likeness (QED) is 0.394. The highest BCUT2D eigenvalue weighted by molar-refractivity contribution is 7.80. The van der Waals surface area contributed by atoms with Crippen LogP contribution in [0.3, 0.4) is 0 Å². The van der Waals surface area contributed by atoms with E-state index in [1.807, 2.05) is 39.3 Å². The minimum absolute atomic E-state index is 0.0464. The number of nitrogens with one attached hydrogen (secondary N) is 1. The summed E-state index contributed by atoms with van der Waals surface area (Å²) in [5, 5.41) is 7.18. The Bertz CT molecular complexity index is 768. The van der Waals surface area contributed by atoms with Crippen LogP contribution in [0, 0.1) is 13.8 Å². The van der Waals surface area contributed by atoms with Gasteiger partial charge in [0.2, 0.25) is 0 Å². The van der Waals surface area contributed by atoms with E-state index < -0.39 is 11.8 Å². The summed E-state index contributed by atoms with van der Waals surface area (Å²) in [6, 6.07) is 0. The standard InChI is InChI=1S/C17H22N4O2S/c1-7-8-20-15(23)13(14(22)18-16(20)24)9-12-10(2)19-21(11(12)3)17(4,5)6/h7,9H,1,8H2,2-6H3,(H,18,22,24). The predicted molar refractivity (Wildman–Crippen MR) is 97.3 cm³/mol. The third-order valence-corrected chi connectivity index (χ3v) is 4.09. The number of carbonyl (C=O) groups excluding carboxylic acids is 2. The van der Waals surface area contributed by atoms with Crippen molar-refractivity contribution in [3.05, 3.63) is 35.2 Å². The molecule has 2 amide bonds. The Morgan fingerprint density at radius 3 is 2.42 bits per heavy atom. The first-order valence-electron chi connectivity index (χ1n) is 7.64. The Morgan fingerprint density at radius 2 is 1.92 bits per heavy atom. The first-order valence-corrected chi connectivity index (χ1v) is 8.05. The van der Waals surface area contributed by atoms with Crippen molar-refractivity contribution in [2.45, 2.75) is 40.2 Å². The van der Waals surface area contributed by atoms with Crippen LogP contribution in [0.5, 0.6) is 0 Å². The van der Waals surface area contributed by atoms with E-state index in [0.717, 1.165) is 17.0 Å². The molecule has 1 aromatic heterocycles. The molecule has 2 rings (SSSR count). The number of hydrogen-bond donors (Lipinski definition) is 1. The van der Waals surface area contributed by atoms with Crippen molar-refractivity contribution < 1.29 is 9.59 Å². The molecule has 128 valence electrons. The summed E-state index contributed by atoms with van der Waals surface area (Å²) < 4.78 is 1.89. The van der Waals surface area contributed by atoms with Crippen LogP contribution >= 0.6 is 12.2 Å². The van der Waals surface area contributed by atoms with Crippen LogP contribution in [0.2, 0.25) is 0 Å². The van der Waals surface area contributed by atoms with Crippen molar-refractivity contribution in [3.8, 4) is 0 Å². The van der Waals surface area contributed by atoms with Crippen molar-refractivity contribution in [2.24, 2.45) is 0 Å². The lowest BCUT2D eigenvalue weighted by atomic mass is 10.0. The highest BCUT2D eigenvalue weighted by atomic mass is 32.1. The van der Waals surface area contributed by atoms with Gasteiger partial charge in [-0.2, -0.15) is 5.10 Å². The van der Waals surface area contributed by atoms with Gasteiger partial charge in [0.1, 0.15) is 5.57 Å². The lowest BCUT2D eigenvalue weighted by Gasteiger charge is -2.27. The SMILES string of the molecule is C=CCN1C(=O)C(=Cc2c(C)nn(C(C)(C)C)c2C)C(=O)NC1=S. The largest absolute Gasteiger partial charge is 0.298 e. The van der Waals surface area contributed by atoms with Gasteiger partial charge in [-0.3, -0.25) is 24.5 Å². The Kier molecular flexibility index (Phi) is 4.75. The van der Waals surface area contributed by atoms with Gasteiger partial charge in [-0.15, -0.1) is 6.58 Å². The van der Waals surface area contributed by atoms with Gasteiger partial charge >= 0.3 is 0 Å². The molecule has 0 bridgehead atoms. The molecule has 0 atom stereocenters. The number of nitrogens with zero attached hydrogens (tertiary/aromatic N) is 3. The summed E-state index contributed by atoms with van der Waals surface area (Å²) in [4.78, 5) is 26.1. The second-order valence-corrected chi connectivity index (χ2v) is 7.08.